The molecule has 1 aliphatic rings. The van der Waals surface area contributed by atoms with Gasteiger partial charge in [0, 0.05) is 56.2 Å². The summed E-state index contributed by atoms with van der Waals surface area (Å²) in [5.41, 5.74) is 2.15. The number of allylic oxidation sites excluding steroid dienone is 2. The van der Waals surface area contributed by atoms with Gasteiger partial charge in [-0.25, -0.2) is 9.98 Å². The number of nitrogens with zero attached hydrogens (tertiary/aromatic N) is 5. The number of anilines is 2. The van der Waals surface area contributed by atoms with Crippen LogP contribution in [0.25, 0.3) is 0 Å². The van der Waals surface area contributed by atoms with Crippen LogP contribution in [0.5, 0.6) is 0 Å². The first kappa shape index (κ1) is 25.8. The number of nitro groups is 2. The molecular weight excluding hydrogens is 414 g/mol. The number of terminal acetylenes is 1. The maximum Gasteiger partial charge on any atom is 0.315 e. The van der Waals surface area contributed by atoms with Crippen LogP contribution in [0.4, 0.5) is 17.1 Å². The number of nitrogens with one attached hydrogen (secondary N) is 2. The Kier molecular flexibility index (Phi) is 10.1. The van der Waals surface area contributed by atoms with Crippen molar-refractivity contribution < 1.29 is 9.85 Å². The Balaban J connectivity index is 0.00000249. The van der Waals surface area contributed by atoms with E-state index in [4.69, 9.17) is 0 Å². The van der Waals surface area contributed by atoms with Gasteiger partial charge in [-0.3, -0.25) is 15.4 Å². The van der Waals surface area contributed by atoms with Crippen molar-refractivity contribution >= 4 is 28.7 Å². The Bertz CT molecular complexity index is 991. The predicted octanol–water partition coefficient (Wildman–Crippen LogP) is 3.54. The minimum atomic E-state index is -0.446. The Labute approximate surface area is 186 Å². The van der Waals surface area contributed by atoms with E-state index in [0.717, 1.165) is 0 Å². The van der Waals surface area contributed by atoms with Gasteiger partial charge < -0.3 is 20.3 Å². The second-order valence-corrected chi connectivity index (χ2v) is 6.79. The van der Waals surface area contributed by atoms with Crippen molar-refractivity contribution in [2.75, 3.05) is 30.9 Å². The number of hydrogen-bond acceptors (Lipinski definition) is 9. The number of hydrogen-bond donors (Lipinski definition) is 2. The van der Waals surface area contributed by atoms with Crippen molar-refractivity contribution in [3.63, 3.8) is 0 Å². The predicted molar refractivity (Wildman–Crippen MR) is 128 cm³/mol. The standard InChI is InChI=1S/C19H25N7O4.C2H2/c1-5-20-18(26(29)30)13(2)11-14-7-6-10-21-19(22-14)23-15-8-9-16(24(3)4)17(12-15)25(27)28;1-2/h6,8-10,12,20H,5,7,11H2,1-4H3,(H,21,23);1-2H/b18-13+;. The van der Waals surface area contributed by atoms with Gasteiger partial charge in [0.1, 0.15) is 5.69 Å². The normalized spacial score (nSPS) is 13.3. The number of nitro benzene ring substituents is 1. The van der Waals surface area contributed by atoms with Gasteiger partial charge in [0.2, 0.25) is 5.96 Å². The van der Waals surface area contributed by atoms with E-state index in [1.165, 1.54) is 6.07 Å². The molecule has 1 heterocycles. The molecule has 0 spiro atoms. The summed E-state index contributed by atoms with van der Waals surface area (Å²) in [5, 5.41) is 28.4. The summed E-state index contributed by atoms with van der Waals surface area (Å²) in [6, 6.07) is 4.77. The Hall–Kier alpha value is -4.20. The second-order valence-electron chi connectivity index (χ2n) is 6.79. The molecule has 0 aliphatic carbocycles. The van der Waals surface area contributed by atoms with Gasteiger partial charge in [0.25, 0.3) is 5.69 Å². The molecule has 0 saturated carbocycles. The highest BCUT2D eigenvalue weighted by molar-refractivity contribution is 6.05. The van der Waals surface area contributed by atoms with Crippen molar-refractivity contribution in [3.8, 4) is 12.8 Å². The molecule has 0 saturated heterocycles. The first-order chi connectivity index (χ1) is 15.2. The third kappa shape index (κ3) is 7.24. The van der Waals surface area contributed by atoms with Crippen LogP contribution in [-0.4, -0.2) is 42.2 Å². The van der Waals surface area contributed by atoms with Crippen molar-refractivity contribution in [1.82, 2.24) is 5.32 Å². The third-order valence-corrected chi connectivity index (χ3v) is 4.23. The first-order valence-corrected chi connectivity index (χ1v) is 9.66. The van der Waals surface area contributed by atoms with Crippen LogP contribution in [0.3, 0.4) is 0 Å². The molecule has 1 aromatic rings. The number of aliphatic imine (C=N–C) groups is 2. The van der Waals surface area contributed by atoms with E-state index in [-0.39, 0.29) is 17.5 Å². The van der Waals surface area contributed by atoms with E-state index < -0.39 is 9.85 Å². The first-order valence-electron chi connectivity index (χ1n) is 9.66. The minimum Gasteiger partial charge on any atom is -0.372 e. The van der Waals surface area contributed by atoms with Crippen LogP contribution in [0.2, 0.25) is 0 Å². The van der Waals surface area contributed by atoms with E-state index in [1.807, 2.05) is 0 Å². The number of benzene rings is 1. The average molecular weight is 441 g/mol. The molecule has 11 heteroatoms. The largest absolute Gasteiger partial charge is 0.372 e. The van der Waals surface area contributed by atoms with E-state index in [1.54, 1.807) is 57.3 Å². The van der Waals surface area contributed by atoms with Gasteiger partial charge in [-0.05, 0) is 30.9 Å². The van der Waals surface area contributed by atoms with Gasteiger partial charge in [-0.15, -0.1) is 12.8 Å². The topological polar surface area (TPSA) is 138 Å². The summed E-state index contributed by atoms with van der Waals surface area (Å²) in [4.78, 5) is 32.1. The smallest absolute Gasteiger partial charge is 0.315 e. The molecule has 2 N–H and O–H groups in total. The fourth-order valence-corrected chi connectivity index (χ4v) is 2.89. The van der Waals surface area contributed by atoms with Gasteiger partial charge in [0.15, 0.2) is 0 Å². The molecule has 2 rings (SSSR count). The Morgan fingerprint density at radius 3 is 2.50 bits per heavy atom. The minimum absolute atomic E-state index is 0.0326. The summed E-state index contributed by atoms with van der Waals surface area (Å²) in [5.74, 6) is 0.222. The Morgan fingerprint density at radius 2 is 1.94 bits per heavy atom. The molecule has 0 atom stereocenters. The van der Waals surface area contributed by atoms with E-state index >= 15 is 0 Å². The SMILES string of the molecule is C#C.CCN/C(=C(/C)CC1=NC(Nc2ccc(N(C)C)c([N+](=O)[O-])c2)=NC=CC1)[N+](=O)[O-]. The summed E-state index contributed by atoms with van der Waals surface area (Å²) in [6.07, 6.45) is 12.2. The molecule has 0 amide bonds. The highest BCUT2D eigenvalue weighted by atomic mass is 16.6. The van der Waals surface area contributed by atoms with Gasteiger partial charge >= 0.3 is 5.82 Å². The zero-order valence-corrected chi connectivity index (χ0v) is 18.5. The van der Waals surface area contributed by atoms with Crippen molar-refractivity contribution in [3.05, 3.63) is 62.1 Å². The molecule has 0 bridgehead atoms. The molecule has 0 aromatic heterocycles. The van der Waals surface area contributed by atoms with Gasteiger partial charge in [-0.1, -0.05) is 6.08 Å². The lowest BCUT2D eigenvalue weighted by Crippen LogP contribution is -2.22. The molecule has 32 heavy (non-hydrogen) atoms. The number of rotatable bonds is 8. The molecule has 11 nitrogen and oxygen atoms in total. The average Bonchev–Trinajstić information content (AvgIpc) is 2.97. The lowest BCUT2D eigenvalue weighted by molar-refractivity contribution is -0.433. The molecule has 1 aliphatic heterocycles. The molecular formula is C21H27N7O4. The summed E-state index contributed by atoms with van der Waals surface area (Å²) >= 11 is 0. The van der Waals surface area contributed by atoms with Crippen molar-refractivity contribution in [1.29, 1.82) is 0 Å². The number of guanidine groups is 1. The summed E-state index contributed by atoms with van der Waals surface area (Å²) in [6.45, 7) is 3.92. The third-order valence-electron chi connectivity index (χ3n) is 4.23. The van der Waals surface area contributed by atoms with Crippen LogP contribution in [0.1, 0.15) is 26.7 Å². The van der Waals surface area contributed by atoms with Crippen LogP contribution in [0.15, 0.2) is 51.9 Å². The van der Waals surface area contributed by atoms with E-state index in [2.05, 4.69) is 33.5 Å². The molecule has 0 fully saturated rings. The van der Waals surface area contributed by atoms with Crippen LogP contribution < -0.4 is 15.5 Å². The molecule has 170 valence electrons. The van der Waals surface area contributed by atoms with Crippen LogP contribution in [0, 0.1) is 33.1 Å². The van der Waals surface area contributed by atoms with E-state index in [0.29, 0.717) is 42.0 Å². The quantitative estimate of drug-likeness (QED) is 0.357. The van der Waals surface area contributed by atoms with E-state index in [9.17, 15) is 20.2 Å². The second kappa shape index (κ2) is 12.5. The van der Waals surface area contributed by atoms with Crippen molar-refractivity contribution in [2.24, 2.45) is 9.98 Å². The van der Waals surface area contributed by atoms with Gasteiger partial charge in [-0.2, -0.15) is 0 Å². The molecule has 0 unspecified atom stereocenters. The van der Waals surface area contributed by atoms with Gasteiger partial charge in [0.05, 0.1) is 11.5 Å². The Morgan fingerprint density at radius 1 is 1.25 bits per heavy atom. The van der Waals surface area contributed by atoms with Crippen molar-refractivity contribution in [2.45, 2.75) is 26.7 Å². The highest BCUT2D eigenvalue weighted by Crippen LogP contribution is 2.30. The zero-order chi connectivity index (χ0) is 24.3. The summed E-state index contributed by atoms with van der Waals surface area (Å²) in [7, 11) is 3.46. The maximum absolute atomic E-state index is 11.4. The fraction of sp³-hybridized carbons (Fsp3) is 0.333. The summed E-state index contributed by atoms with van der Waals surface area (Å²) < 4.78 is 0. The monoisotopic (exact) mass is 441 g/mol. The zero-order valence-electron chi connectivity index (χ0n) is 18.5. The fourth-order valence-electron chi connectivity index (χ4n) is 2.89. The molecule has 1 aromatic carbocycles. The molecule has 0 radical (unpaired) electrons. The maximum atomic E-state index is 11.4. The van der Waals surface area contributed by atoms with Crippen LogP contribution >= 0.6 is 0 Å². The lowest BCUT2D eigenvalue weighted by Gasteiger charge is -2.14. The highest BCUT2D eigenvalue weighted by Gasteiger charge is 2.18. The van der Waals surface area contributed by atoms with Crippen LogP contribution in [-0.2, 0) is 0 Å². The lowest BCUT2D eigenvalue weighted by atomic mass is 10.1.